The van der Waals surface area contributed by atoms with E-state index in [2.05, 4.69) is 0 Å². The molecule has 3 N–H and O–H groups in total. The van der Waals surface area contributed by atoms with Crippen molar-refractivity contribution in [3.05, 3.63) is 35.4 Å². The Morgan fingerprint density at radius 1 is 1.19 bits per heavy atom. The Bertz CT molecular complexity index is 317. The normalized spacial score (nSPS) is 13.8. The van der Waals surface area contributed by atoms with Gasteiger partial charge in [-0.1, -0.05) is 12.1 Å². The van der Waals surface area contributed by atoms with E-state index in [9.17, 15) is 13.2 Å². The molecule has 0 fully saturated rings. The number of halogens is 3. The monoisotopic (exact) mass is 233 g/mol. The fourth-order valence-corrected chi connectivity index (χ4v) is 1.39. The lowest BCUT2D eigenvalue weighted by atomic mass is 9.99. The Morgan fingerprint density at radius 2 is 1.75 bits per heavy atom. The molecule has 2 nitrogen and oxygen atoms in total. The van der Waals surface area contributed by atoms with E-state index in [0.29, 0.717) is 13.0 Å². The first-order chi connectivity index (χ1) is 7.47. The molecule has 0 aliphatic rings. The van der Waals surface area contributed by atoms with Gasteiger partial charge in [0.25, 0.3) is 0 Å². The third-order valence-electron chi connectivity index (χ3n) is 2.40. The number of aliphatic hydroxyl groups is 1. The van der Waals surface area contributed by atoms with E-state index in [-0.39, 0.29) is 12.5 Å². The second kappa shape index (κ2) is 5.32. The van der Waals surface area contributed by atoms with Crippen molar-refractivity contribution >= 4 is 0 Å². The first-order valence-electron chi connectivity index (χ1n) is 4.94. The standard InChI is InChI=1S/C11H14F3NO/c12-11(13,14)10-3-1-8(2-4-10)5-9(6-15)7-16/h1-4,9,16H,5-7,15H2/t9-/m0/s1. The molecule has 5 heteroatoms. The van der Waals surface area contributed by atoms with Crippen molar-refractivity contribution in [1.29, 1.82) is 0 Å². The summed E-state index contributed by atoms with van der Waals surface area (Å²) in [7, 11) is 0. The van der Waals surface area contributed by atoms with Gasteiger partial charge in [0.1, 0.15) is 0 Å². The van der Waals surface area contributed by atoms with E-state index in [0.717, 1.165) is 17.7 Å². The van der Waals surface area contributed by atoms with Crippen molar-refractivity contribution in [2.24, 2.45) is 11.7 Å². The minimum Gasteiger partial charge on any atom is -0.396 e. The average molecular weight is 233 g/mol. The molecule has 1 aromatic carbocycles. The summed E-state index contributed by atoms with van der Waals surface area (Å²) in [6.07, 6.45) is -3.81. The Morgan fingerprint density at radius 3 is 2.12 bits per heavy atom. The molecule has 0 bridgehead atoms. The summed E-state index contributed by atoms with van der Waals surface area (Å²) in [5.41, 5.74) is 5.48. The molecular formula is C11H14F3NO. The van der Waals surface area contributed by atoms with E-state index in [4.69, 9.17) is 10.8 Å². The van der Waals surface area contributed by atoms with Gasteiger partial charge in [-0.25, -0.2) is 0 Å². The van der Waals surface area contributed by atoms with Gasteiger partial charge in [0.15, 0.2) is 0 Å². The maximum atomic E-state index is 12.3. The SMILES string of the molecule is NC[C@@H](CO)Cc1ccc(C(F)(F)F)cc1. The number of aliphatic hydroxyl groups excluding tert-OH is 1. The van der Waals surface area contributed by atoms with Crippen LogP contribution in [0, 0.1) is 5.92 Å². The molecule has 0 unspecified atom stereocenters. The van der Waals surface area contributed by atoms with Crippen LogP contribution >= 0.6 is 0 Å². The Labute approximate surface area is 91.9 Å². The third-order valence-corrected chi connectivity index (χ3v) is 2.40. The van der Waals surface area contributed by atoms with Crippen LogP contribution in [0.2, 0.25) is 0 Å². The second-order valence-corrected chi connectivity index (χ2v) is 3.68. The number of alkyl halides is 3. The molecule has 0 amide bonds. The average Bonchev–Trinajstić information content (AvgIpc) is 2.25. The largest absolute Gasteiger partial charge is 0.416 e. The minimum atomic E-state index is -4.30. The highest BCUT2D eigenvalue weighted by atomic mass is 19.4. The summed E-state index contributed by atoms with van der Waals surface area (Å²) in [6.45, 7) is 0.259. The molecule has 0 spiro atoms. The van der Waals surface area contributed by atoms with Crippen molar-refractivity contribution in [3.8, 4) is 0 Å². The highest BCUT2D eigenvalue weighted by molar-refractivity contribution is 5.24. The Hall–Kier alpha value is -1.07. The van der Waals surface area contributed by atoms with Crippen molar-refractivity contribution in [2.45, 2.75) is 12.6 Å². The number of hydrogen-bond acceptors (Lipinski definition) is 2. The first-order valence-corrected chi connectivity index (χ1v) is 4.94. The predicted molar refractivity (Wildman–Crippen MR) is 54.8 cm³/mol. The molecule has 0 saturated carbocycles. The Kier molecular flexibility index (Phi) is 4.32. The van der Waals surface area contributed by atoms with Crippen LogP contribution in [0.1, 0.15) is 11.1 Å². The third kappa shape index (κ3) is 3.50. The van der Waals surface area contributed by atoms with E-state index in [1.165, 1.54) is 12.1 Å². The van der Waals surface area contributed by atoms with E-state index in [1.807, 2.05) is 0 Å². The minimum absolute atomic E-state index is 0.0580. The quantitative estimate of drug-likeness (QED) is 0.833. The zero-order chi connectivity index (χ0) is 12.2. The van der Waals surface area contributed by atoms with Crippen LogP contribution in [0.25, 0.3) is 0 Å². The number of hydrogen-bond donors (Lipinski definition) is 2. The van der Waals surface area contributed by atoms with Gasteiger partial charge in [0.2, 0.25) is 0 Å². The van der Waals surface area contributed by atoms with Gasteiger partial charge in [-0.15, -0.1) is 0 Å². The van der Waals surface area contributed by atoms with Gasteiger partial charge in [0.05, 0.1) is 5.56 Å². The van der Waals surface area contributed by atoms with Gasteiger partial charge in [-0.2, -0.15) is 13.2 Å². The fraction of sp³-hybridized carbons (Fsp3) is 0.455. The van der Waals surface area contributed by atoms with Crippen LogP contribution in [0.3, 0.4) is 0 Å². The van der Waals surface area contributed by atoms with Gasteiger partial charge < -0.3 is 10.8 Å². The van der Waals surface area contributed by atoms with Crippen LogP contribution in [0.5, 0.6) is 0 Å². The van der Waals surface area contributed by atoms with Crippen LogP contribution in [0.15, 0.2) is 24.3 Å². The first kappa shape index (κ1) is 13.0. The molecule has 1 aromatic rings. The van der Waals surface area contributed by atoms with Crippen LogP contribution in [0.4, 0.5) is 13.2 Å². The van der Waals surface area contributed by atoms with Gasteiger partial charge in [-0.05, 0) is 36.6 Å². The molecule has 0 aliphatic carbocycles. The molecule has 1 rings (SSSR count). The lowest BCUT2D eigenvalue weighted by Crippen LogP contribution is -2.20. The molecule has 0 aromatic heterocycles. The van der Waals surface area contributed by atoms with Gasteiger partial charge >= 0.3 is 6.18 Å². The second-order valence-electron chi connectivity index (χ2n) is 3.68. The van der Waals surface area contributed by atoms with Crippen molar-refractivity contribution < 1.29 is 18.3 Å². The lowest BCUT2D eigenvalue weighted by molar-refractivity contribution is -0.137. The summed E-state index contributed by atoms with van der Waals surface area (Å²) >= 11 is 0. The smallest absolute Gasteiger partial charge is 0.396 e. The highest BCUT2D eigenvalue weighted by Crippen LogP contribution is 2.29. The molecule has 0 aliphatic heterocycles. The molecule has 1 atom stereocenters. The van der Waals surface area contributed by atoms with E-state index < -0.39 is 11.7 Å². The molecule has 0 heterocycles. The van der Waals surface area contributed by atoms with Crippen molar-refractivity contribution in [1.82, 2.24) is 0 Å². The fourth-order valence-electron chi connectivity index (χ4n) is 1.39. The molecule has 90 valence electrons. The van der Waals surface area contributed by atoms with Crippen LogP contribution in [-0.2, 0) is 12.6 Å². The summed E-state index contributed by atoms with van der Waals surface area (Å²) in [6, 6.07) is 4.92. The zero-order valence-corrected chi connectivity index (χ0v) is 8.67. The molecule has 16 heavy (non-hydrogen) atoms. The van der Waals surface area contributed by atoms with Gasteiger partial charge in [0, 0.05) is 6.61 Å². The number of nitrogens with two attached hydrogens (primary N) is 1. The number of benzene rings is 1. The van der Waals surface area contributed by atoms with E-state index in [1.54, 1.807) is 0 Å². The predicted octanol–water partition coefficient (Wildman–Crippen LogP) is 1.82. The molecule has 0 saturated heterocycles. The summed E-state index contributed by atoms with van der Waals surface area (Å²) in [4.78, 5) is 0. The van der Waals surface area contributed by atoms with Gasteiger partial charge in [-0.3, -0.25) is 0 Å². The van der Waals surface area contributed by atoms with Crippen LogP contribution in [-0.4, -0.2) is 18.3 Å². The Balaban J connectivity index is 2.72. The summed E-state index contributed by atoms with van der Waals surface area (Å²) in [5.74, 6) is -0.100. The lowest BCUT2D eigenvalue weighted by Gasteiger charge is -2.12. The topological polar surface area (TPSA) is 46.2 Å². The maximum Gasteiger partial charge on any atom is 0.416 e. The van der Waals surface area contributed by atoms with Crippen molar-refractivity contribution in [2.75, 3.05) is 13.2 Å². The zero-order valence-electron chi connectivity index (χ0n) is 8.67. The molecular weight excluding hydrogens is 219 g/mol. The van der Waals surface area contributed by atoms with Crippen molar-refractivity contribution in [3.63, 3.8) is 0 Å². The maximum absolute atomic E-state index is 12.3. The number of rotatable bonds is 4. The summed E-state index contributed by atoms with van der Waals surface area (Å²) < 4.78 is 36.8. The summed E-state index contributed by atoms with van der Waals surface area (Å²) in [5, 5.41) is 8.91. The van der Waals surface area contributed by atoms with Crippen LogP contribution < -0.4 is 5.73 Å². The highest BCUT2D eigenvalue weighted by Gasteiger charge is 2.29. The van der Waals surface area contributed by atoms with E-state index >= 15 is 0 Å². The molecule has 0 radical (unpaired) electrons.